The van der Waals surface area contributed by atoms with Crippen LogP contribution in [-0.4, -0.2) is 43.4 Å². The maximum Gasteiger partial charge on any atom is 0.234 e. The van der Waals surface area contributed by atoms with E-state index in [4.69, 9.17) is 11.6 Å². The number of hydrogen-bond donors (Lipinski definition) is 1. The van der Waals surface area contributed by atoms with Crippen molar-refractivity contribution >= 4 is 28.4 Å². The summed E-state index contributed by atoms with van der Waals surface area (Å²) in [6.45, 7) is 5.93. The van der Waals surface area contributed by atoms with Crippen molar-refractivity contribution in [1.29, 1.82) is 0 Å². The second-order valence-electron chi connectivity index (χ2n) is 10.4. The molecule has 1 amide bonds. The molecule has 2 aromatic rings. The first-order chi connectivity index (χ1) is 13.4. The summed E-state index contributed by atoms with van der Waals surface area (Å²) in [5, 5.41) is 16.1. The Balaban J connectivity index is 1.57. The molecule has 1 N–H and O–H groups in total. The van der Waals surface area contributed by atoms with Crippen LogP contribution in [0.25, 0.3) is 10.9 Å². The molecule has 2 aliphatic carbocycles. The number of fused-ring (bicyclic) bond motifs is 1. The molecule has 6 rings (SSSR count). The van der Waals surface area contributed by atoms with E-state index >= 15 is 0 Å². The van der Waals surface area contributed by atoms with E-state index in [-0.39, 0.29) is 28.4 Å². The van der Waals surface area contributed by atoms with Crippen LogP contribution in [0.1, 0.15) is 58.6 Å². The lowest BCUT2D eigenvalue weighted by atomic mass is 9.54. The van der Waals surface area contributed by atoms with Crippen LogP contribution in [0.15, 0.2) is 12.1 Å². The molecule has 3 heterocycles. The number of halogens is 2. The highest BCUT2D eigenvalue weighted by molar-refractivity contribution is 6.36. The van der Waals surface area contributed by atoms with Gasteiger partial charge < -0.3 is 10.0 Å². The molecule has 156 valence electrons. The molecule has 5 nitrogen and oxygen atoms in total. The highest BCUT2D eigenvalue weighted by atomic mass is 35.5. The van der Waals surface area contributed by atoms with E-state index in [9.17, 15) is 14.3 Å². The molecule has 4 bridgehead atoms. The van der Waals surface area contributed by atoms with E-state index in [0.717, 1.165) is 19.3 Å². The predicted molar refractivity (Wildman–Crippen MR) is 109 cm³/mol. The second-order valence-corrected chi connectivity index (χ2v) is 10.8. The van der Waals surface area contributed by atoms with Crippen molar-refractivity contribution in [2.75, 3.05) is 0 Å². The number of hydrogen-bond acceptors (Lipinski definition) is 3. The largest absolute Gasteiger partial charge is 0.390 e. The van der Waals surface area contributed by atoms with Crippen LogP contribution in [0.3, 0.4) is 0 Å². The van der Waals surface area contributed by atoms with Gasteiger partial charge in [-0.25, -0.2) is 4.39 Å². The fraction of sp³-hybridized carbons (Fsp3) is 0.636. The van der Waals surface area contributed by atoms with Gasteiger partial charge in [-0.3, -0.25) is 9.48 Å². The van der Waals surface area contributed by atoms with Gasteiger partial charge in [-0.15, -0.1) is 0 Å². The van der Waals surface area contributed by atoms with Crippen LogP contribution < -0.4 is 0 Å². The van der Waals surface area contributed by atoms with Crippen molar-refractivity contribution in [2.24, 2.45) is 12.5 Å². The normalized spacial score (nSPS) is 33.7. The first-order valence-corrected chi connectivity index (χ1v) is 10.7. The predicted octanol–water partition coefficient (Wildman–Crippen LogP) is 3.94. The van der Waals surface area contributed by atoms with Crippen LogP contribution in [0, 0.1) is 11.2 Å². The highest BCUT2D eigenvalue weighted by Gasteiger charge is 2.60. The third-order valence-corrected chi connectivity index (χ3v) is 7.87. The van der Waals surface area contributed by atoms with Crippen molar-refractivity contribution in [3.63, 3.8) is 0 Å². The van der Waals surface area contributed by atoms with Gasteiger partial charge in [-0.05, 0) is 63.5 Å². The number of benzene rings is 1. The van der Waals surface area contributed by atoms with Gasteiger partial charge in [0.2, 0.25) is 5.91 Å². The van der Waals surface area contributed by atoms with Crippen molar-refractivity contribution in [3.05, 3.63) is 28.7 Å². The summed E-state index contributed by atoms with van der Waals surface area (Å²) in [7, 11) is 1.78. The van der Waals surface area contributed by atoms with Gasteiger partial charge >= 0.3 is 0 Å². The van der Waals surface area contributed by atoms with Gasteiger partial charge in [0.05, 0.1) is 27.2 Å². The van der Waals surface area contributed by atoms with Gasteiger partial charge in [0.15, 0.2) is 0 Å². The van der Waals surface area contributed by atoms with Gasteiger partial charge in [0.25, 0.3) is 0 Å². The van der Waals surface area contributed by atoms with Crippen LogP contribution >= 0.6 is 11.6 Å². The van der Waals surface area contributed by atoms with E-state index in [1.165, 1.54) is 6.07 Å². The monoisotopic (exact) mass is 419 g/mol. The van der Waals surface area contributed by atoms with Crippen LogP contribution in [0.5, 0.6) is 0 Å². The first kappa shape index (κ1) is 19.3. The standard InChI is InChI=1S/C22H27ClFN3O2/c1-20(2,18-16-15(26(4)25-18)6-5-14(24)17(16)23)19(28)27-12-7-21(3)8-13(27)10-22(29,9-12)11-21/h5-6,12-13,29H,7-11H2,1-4H3. The zero-order valence-corrected chi connectivity index (χ0v) is 18.1. The molecule has 2 atom stereocenters. The molecular weight excluding hydrogens is 393 g/mol. The number of aliphatic hydroxyl groups is 1. The molecule has 2 saturated heterocycles. The smallest absolute Gasteiger partial charge is 0.234 e. The zero-order valence-electron chi connectivity index (χ0n) is 17.3. The van der Waals surface area contributed by atoms with Gasteiger partial charge in [-0.2, -0.15) is 5.10 Å². The molecule has 29 heavy (non-hydrogen) atoms. The molecule has 4 aliphatic rings. The molecule has 2 aliphatic heterocycles. The topological polar surface area (TPSA) is 58.4 Å². The second kappa shape index (κ2) is 5.73. The number of aryl methyl sites for hydroxylation is 1. The Kier molecular flexibility index (Phi) is 3.81. The van der Waals surface area contributed by atoms with E-state index in [1.807, 2.05) is 18.7 Å². The number of carbonyl (C=O) groups excluding carboxylic acids is 1. The Morgan fingerprint density at radius 1 is 1.28 bits per heavy atom. The summed E-state index contributed by atoms with van der Waals surface area (Å²) in [5.74, 6) is -0.527. The maximum atomic E-state index is 14.2. The Labute approximate surface area is 174 Å². The van der Waals surface area contributed by atoms with Crippen molar-refractivity contribution in [3.8, 4) is 0 Å². The Morgan fingerprint density at radius 2 is 1.90 bits per heavy atom. The molecule has 0 spiro atoms. The summed E-state index contributed by atoms with van der Waals surface area (Å²) in [5.41, 5.74) is -0.301. The third kappa shape index (κ3) is 2.61. The Hall–Kier alpha value is -1.66. The molecule has 4 fully saturated rings. The SMILES string of the molecule is Cn1nc(C(C)(C)C(=O)N2C3CC4(C)CC2CC(O)(C3)C4)c2c(Cl)c(F)ccc21. The number of aromatic nitrogens is 2. The van der Waals surface area contributed by atoms with Gasteiger partial charge in [-0.1, -0.05) is 18.5 Å². The molecule has 0 radical (unpaired) electrons. The van der Waals surface area contributed by atoms with Crippen LogP contribution in [-0.2, 0) is 17.3 Å². The fourth-order valence-electron chi connectivity index (χ4n) is 6.58. The minimum absolute atomic E-state index is 0.00776. The number of rotatable bonds is 2. The lowest BCUT2D eigenvalue weighted by Gasteiger charge is -2.64. The fourth-order valence-corrected chi connectivity index (χ4v) is 6.83. The van der Waals surface area contributed by atoms with Gasteiger partial charge in [0.1, 0.15) is 5.82 Å². The van der Waals surface area contributed by atoms with E-state index in [1.54, 1.807) is 17.8 Å². The quantitative estimate of drug-likeness (QED) is 0.802. The number of carbonyl (C=O) groups is 1. The van der Waals surface area contributed by atoms with Gasteiger partial charge in [0, 0.05) is 24.5 Å². The summed E-state index contributed by atoms with van der Waals surface area (Å²) in [6.07, 6.45) is 3.95. The molecular formula is C22H27ClFN3O2. The maximum absolute atomic E-state index is 14.2. The number of piperidine rings is 2. The zero-order chi connectivity index (χ0) is 20.9. The third-order valence-electron chi connectivity index (χ3n) is 7.50. The molecule has 2 unspecified atom stereocenters. The molecule has 1 aromatic carbocycles. The Bertz CT molecular complexity index is 1010. The minimum atomic E-state index is -0.962. The average molecular weight is 420 g/mol. The average Bonchev–Trinajstić information content (AvgIpc) is 2.93. The molecule has 1 aromatic heterocycles. The minimum Gasteiger partial charge on any atom is -0.390 e. The lowest BCUT2D eigenvalue weighted by molar-refractivity contribution is -0.196. The summed E-state index contributed by atoms with van der Waals surface area (Å²) in [6, 6.07) is 3.06. The summed E-state index contributed by atoms with van der Waals surface area (Å²) < 4.78 is 15.9. The molecule has 2 saturated carbocycles. The van der Waals surface area contributed by atoms with Crippen molar-refractivity contribution in [1.82, 2.24) is 14.7 Å². The number of amides is 1. The van der Waals surface area contributed by atoms with E-state index < -0.39 is 16.8 Å². The van der Waals surface area contributed by atoms with E-state index in [0.29, 0.717) is 29.4 Å². The number of nitrogens with zero attached hydrogens (tertiary/aromatic N) is 3. The summed E-state index contributed by atoms with van der Waals surface area (Å²) in [4.78, 5) is 15.9. The summed E-state index contributed by atoms with van der Waals surface area (Å²) >= 11 is 6.31. The molecule has 7 heteroatoms. The van der Waals surface area contributed by atoms with E-state index in [2.05, 4.69) is 12.0 Å². The van der Waals surface area contributed by atoms with Crippen molar-refractivity contribution < 1.29 is 14.3 Å². The Morgan fingerprint density at radius 3 is 2.48 bits per heavy atom. The van der Waals surface area contributed by atoms with Crippen molar-refractivity contribution in [2.45, 2.75) is 76.0 Å². The lowest BCUT2D eigenvalue weighted by Crippen LogP contribution is -2.69. The van der Waals surface area contributed by atoms with Crippen LogP contribution in [0.2, 0.25) is 5.02 Å². The van der Waals surface area contributed by atoms with Crippen LogP contribution in [0.4, 0.5) is 4.39 Å². The highest BCUT2D eigenvalue weighted by Crippen LogP contribution is 2.58. The first-order valence-electron chi connectivity index (χ1n) is 10.3.